The van der Waals surface area contributed by atoms with Crippen LogP contribution in [0, 0.1) is 16.0 Å². The number of hydrogen-bond donors (Lipinski definition) is 0. The lowest BCUT2D eigenvalue weighted by atomic mass is 9.85. The summed E-state index contributed by atoms with van der Waals surface area (Å²) in [6, 6.07) is 7.70. The van der Waals surface area contributed by atoms with Crippen LogP contribution >= 0.6 is 0 Å². The molecule has 0 heterocycles. The first-order valence-electron chi connectivity index (χ1n) is 6.46. The maximum atomic E-state index is 10.8. The SMILES string of the molecule is COc1ccc(C(C[N+](=O)[O-])C2CCCC2)cc1. The Morgan fingerprint density at radius 2 is 1.94 bits per heavy atom. The van der Waals surface area contributed by atoms with E-state index in [1.165, 1.54) is 12.8 Å². The second-order valence-corrected chi connectivity index (χ2v) is 4.94. The Morgan fingerprint density at radius 1 is 1.33 bits per heavy atom. The number of hydrogen-bond acceptors (Lipinski definition) is 3. The molecule has 4 heteroatoms. The standard InChI is InChI=1S/C14H19NO3/c1-18-13-8-6-12(7-9-13)14(10-15(16)17)11-4-2-3-5-11/h6-9,11,14H,2-5,10H2,1H3. The topological polar surface area (TPSA) is 52.4 Å². The third-order valence-electron chi connectivity index (χ3n) is 3.86. The third kappa shape index (κ3) is 3.00. The number of nitrogens with zero attached hydrogens (tertiary/aromatic N) is 1. The summed E-state index contributed by atoms with van der Waals surface area (Å²) in [5.74, 6) is 1.31. The quantitative estimate of drug-likeness (QED) is 0.594. The van der Waals surface area contributed by atoms with Crippen molar-refractivity contribution >= 4 is 0 Å². The average Bonchev–Trinajstić information content (AvgIpc) is 2.89. The summed E-state index contributed by atoms with van der Waals surface area (Å²) in [7, 11) is 1.63. The van der Waals surface area contributed by atoms with E-state index in [-0.39, 0.29) is 17.4 Å². The van der Waals surface area contributed by atoms with Gasteiger partial charge in [0.15, 0.2) is 0 Å². The van der Waals surface area contributed by atoms with Crippen LogP contribution in [0.25, 0.3) is 0 Å². The maximum absolute atomic E-state index is 10.8. The molecule has 1 aliphatic carbocycles. The summed E-state index contributed by atoms with van der Waals surface area (Å²) in [4.78, 5) is 10.7. The maximum Gasteiger partial charge on any atom is 0.210 e. The van der Waals surface area contributed by atoms with Gasteiger partial charge in [-0.25, -0.2) is 0 Å². The summed E-state index contributed by atoms with van der Waals surface area (Å²) in [5.41, 5.74) is 1.07. The van der Waals surface area contributed by atoms with Crippen molar-refractivity contribution in [2.45, 2.75) is 31.6 Å². The monoisotopic (exact) mass is 249 g/mol. The molecule has 1 fully saturated rings. The predicted molar refractivity (Wildman–Crippen MR) is 69.6 cm³/mol. The molecule has 0 bridgehead atoms. The molecule has 0 aromatic heterocycles. The van der Waals surface area contributed by atoms with Gasteiger partial charge in [0.25, 0.3) is 0 Å². The Bertz CT molecular complexity index is 396. The molecule has 2 rings (SSSR count). The molecule has 1 unspecified atom stereocenters. The van der Waals surface area contributed by atoms with Crippen LogP contribution in [0.5, 0.6) is 5.75 Å². The van der Waals surface area contributed by atoms with Crippen LogP contribution in [0.3, 0.4) is 0 Å². The Labute approximate surface area is 107 Å². The molecule has 0 aliphatic heterocycles. The summed E-state index contributed by atoms with van der Waals surface area (Å²) in [5, 5.41) is 10.8. The first-order chi connectivity index (χ1) is 8.70. The number of ether oxygens (including phenoxy) is 1. The molecule has 0 saturated heterocycles. The van der Waals surface area contributed by atoms with Crippen LogP contribution in [0.15, 0.2) is 24.3 Å². The van der Waals surface area contributed by atoms with Crippen molar-refractivity contribution in [1.82, 2.24) is 0 Å². The molecule has 0 radical (unpaired) electrons. The first kappa shape index (κ1) is 12.9. The minimum absolute atomic E-state index is 0.0387. The van der Waals surface area contributed by atoms with Crippen LogP contribution in [-0.4, -0.2) is 18.6 Å². The van der Waals surface area contributed by atoms with Gasteiger partial charge < -0.3 is 4.74 Å². The average molecular weight is 249 g/mol. The zero-order valence-corrected chi connectivity index (χ0v) is 10.7. The van der Waals surface area contributed by atoms with Crippen molar-refractivity contribution in [3.05, 3.63) is 39.9 Å². The van der Waals surface area contributed by atoms with Crippen LogP contribution < -0.4 is 4.74 Å². The van der Waals surface area contributed by atoms with Gasteiger partial charge in [-0.15, -0.1) is 0 Å². The molecular formula is C14H19NO3. The van der Waals surface area contributed by atoms with Gasteiger partial charge in [-0.3, -0.25) is 10.1 Å². The van der Waals surface area contributed by atoms with Gasteiger partial charge in [0, 0.05) is 4.92 Å². The van der Waals surface area contributed by atoms with Crippen molar-refractivity contribution < 1.29 is 9.66 Å². The fraction of sp³-hybridized carbons (Fsp3) is 0.571. The first-order valence-corrected chi connectivity index (χ1v) is 6.46. The summed E-state index contributed by atoms with van der Waals surface area (Å²) in [6.45, 7) is 0.0387. The van der Waals surface area contributed by atoms with Crippen molar-refractivity contribution in [1.29, 1.82) is 0 Å². The molecule has 1 aromatic carbocycles. The minimum Gasteiger partial charge on any atom is -0.497 e. The van der Waals surface area contributed by atoms with Gasteiger partial charge in [-0.05, 0) is 36.5 Å². The van der Waals surface area contributed by atoms with Gasteiger partial charge in [-0.2, -0.15) is 0 Å². The van der Waals surface area contributed by atoms with E-state index in [1.807, 2.05) is 24.3 Å². The fourth-order valence-electron chi connectivity index (χ4n) is 2.90. The highest BCUT2D eigenvalue weighted by Crippen LogP contribution is 2.37. The van der Waals surface area contributed by atoms with E-state index in [9.17, 15) is 10.1 Å². The summed E-state index contributed by atoms with van der Waals surface area (Å²) < 4.78 is 5.12. The molecule has 98 valence electrons. The Kier molecular flexibility index (Phi) is 4.18. The molecule has 1 saturated carbocycles. The lowest BCUT2D eigenvalue weighted by molar-refractivity contribution is -0.484. The zero-order chi connectivity index (χ0) is 13.0. The lowest BCUT2D eigenvalue weighted by Crippen LogP contribution is -2.19. The number of methoxy groups -OCH3 is 1. The Hall–Kier alpha value is -1.58. The van der Waals surface area contributed by atoms with Gasteiger partial charge in [0.05, 0.1) is 13.0 Å². The molecular weight excluding hydrogens is 230 g/mol. The second kappa shape index (κ2) is 5.85. The van der Waals surface area contributed by atoms with Crippen LogP contribution in [0.4, 0.5) is 0 Å². The minimum atomic E-state index is -0.187. The highest BCUT2D eigenvalue weighted by atomic mass is 16.6. The van der Waals surface area contributed by atoms with Gasteiger partial charge in [0.2, 0.25) is 6.54 Å². The molecule has 0 amide bonds. The van der Waals surface area contributed by atoms with Gasteiger partial charge in [0.1, 0.15) is 5.75 Å². The molecule has 4 nitrogen and oxygen atoms in total. The van der Waals surface area contributed by atoms with Gasteiger partial charge >= 0.3 is 0 Å². The second-order valence-electron chi connectivity index (χ2n) is 4.94. The molecule has 0 N–H and O–H groups in total. The number of rotatable bonds is 5. The molecule has 0 spiro atoms. The molecule has 1 atom stereocenters. The fourth-order valence-corrected chi connectivity index (χ4v) is 2.90. The normalized spacial score (nSPS) is 17.6. The highest BCUT2D eigenvalue weighted by molar-refractivity contribution is 5.30. The largest absolute Gasteiger partial charge is 0.497 e. The molecule has 18 heavy (non-hydrogen) atoms. The highest BCUT2D eigenvalue weighted by Gasteiger charge is 2.30. The van der Waals surface area contributed by atoms with Crippen LogP contribution in [0.2, 0.25) is 0 Å². The number of nitro groups is 1. The molecule has 1 aliphatic rings. The van der Waals surface area contributed by atoms with Crippen molar-refractivity contribution in [3.8, 4) is 5.75 Å². The van der Waals surface area contributed by atoms with E-state index in [1.54, 1.807) is 7.11 Å². The van der Waals surface area contributed by atoms with Crippen LogP contribution in [-0.2, 0) is 0 Å². The third-order valence-corrected chi connectivity index (χ3v) is 3.86. The van der Waals surface area contributed by atoms with E-state index in [4.69, 9.17) is 4.74 Å². The van der Waals surface area contributed by atoms with E-state index in [0.29, 0.717) is 5.92 Å². The van der Waals surface area contributed by atoms with Crippen LogP contribution in [0.1, 0.15) is 37.2 Å². The molecule has 1 aromatic rings. The Morgan fingerprint density at radius 3 is 2.44 bits per heavy atom. The smallest absolute Gasteiger partial charge is 0.210 e. The van der Waals surface area contributed by atoms with E-state index >= 15 is 0 Å². The van der Waals surface area contributed by atoms with E-state index in [2.05, 4.69) is 0 Å². The van der Waals surface area contributed by atoms with Crippen molar-refractivity contribution in [2.75, 3.05) is 13.7 Å². The summed E-state index contributed by atoms with van der Waals surface area (Å²) >= 11 is 0. The van der Waals surface area contributed by atoms with E-state index < -0.39 is 0 Å². The van der Waals surface area contributed by atoms with E-state index in [0.717, 1.165) is 24.2 Å². The van der Waals surface area contributed by atoms with Crippen molar-refractivity contribution in [3.63, 3.8) is 0 Å². The Balaban J connectivity index is 2.17. The predicted octanol–water partition coefficient (Wildman–Crippen LogP) is 3.25. The van der Waals surface area contributed by atoms with Gasteiger partial charge in [-0.1, -0.05) is 25.0 Å². The summed E-state index contributed by atoms with van der Waals surface area (Å²) in [6.07, 6.45) is 4.64. The zero-order valence-electron chi connectivity index (χ0n) is 10.7. The lowest BCUT2D eigenvalue weighted by Gasteiger charge is -2.20. The number of benzene rings is 1. The van der Waals surface area contributed by atoms with Crippen molar-refractivity contribution in [2.24, 2.45) is 5.92 Å².